The molecule has 0 aliphatic heterocycles. The molecule has 2 rings (SSSR count). The number of nitrogens with two attached hydrogens (primary N) is 1. The van der Waals surface area contributed by atoms with E-state index in [1.807, 2.05) is 12.1 Å². The lowest BCUT2D eigenvalue weighted by molar-refractivity contribution is 0.105. The van der Waals surface area contributed by atoms with Crippen molar-refractivity contribution in [1.82, 2.24) is 4.98 Å². The fourth-order valence-corrected chi connectivity index (χ4v) is 3.65. The summed E-state index contributed by atoms with van der Waals surface area (Å²) in [5, 5.41) is 3.55. The molecule has 1 aliphatic carbocycles. The summed E-state index contributed by atoms with van der Waals surface area (Å²) in [6, 6.07) is 4.36. The number of nitrogens with one attached hydrogen (secondary N) is 1. The largest absolute Gasteiger partial charge is 0.397 e. The Kier molecular flexibility index (Phi) is 3.26. The van der Waals surface area contributed by atoms with Crippen molar-refractivity contribution in [1.29, 1.82) is 0 Å². The molecule has 1 aliphatic rings. The van der Waals surface area contributed by atoms with E-state index in [0.717, 1.165) is 5.82 Å². The predicted octanol–water partition coefficient (Wildman–Crippen LogP) is 3.68. The number of anilines is 2. The normalized spacial score (nSPS) is 22.7. The lowest BCUT2D eigenvalue weighted by Gasteiger charge is -2.45. The highest BCUT2D eigenvalue weighted by Crippen LogP contribution is 2.46. The van der Waals surface area contributed by atoms with Gasteiger partial charge in [-0.15, -0.1) is 0 Å². The number of nitrogens with zero attached hydrogens (tertiary/aromatic N) is 1. The minimum absolute atomic E-state index is 0.396. The second-order valence-corrected chi connectivity index (χ2v) is 7.23. The average molecular weight is 247 g/mol. The molecule has 1 saturated carbocycles. The van der Waals surface area contributed by atoms with E-state index in [9.17, 15) is 0 Å². The van der Waals surface area contributed by atoms with Gasteiger partial charge < -0.3 is 11.1 Å². The Morgan fingerprint density at radius 2 is 1.78 bits per heavy atom. The highest BCUT2D eigenvalue weighted by atomic mass is 15.0. The fraction of sp³-hybridized carbons (Fsp3) is 0.667. The van der Waals surface area contributed by atoms with Gasteiger partial charge in [-0.3, -0.25) is 0 Å². The third-order valence-electron chi connectivity index (χ3n) is 3.69. The highest BCUT2D eigenvalue weighted by Gasteiger charge is 2.38. The molecule has 0 radical (unpaired) electrons. The van der Waals surface area contributed by atoms with Gasteiger partial charge in [-0.25, -0.2) is 4.98 Å². The molecule has 3 nitrogen and oxygen atoms in total. The van der Waals surface area contributed by atoms with Crippen molar-refractivity contribution >= 4 is 11.5 Å². The van der Waals surface area contributed by atoms with Gasteiger partial charge in [0.15, 0.2) is 0 Å². The molecule has 3 N–H and O–H groups in total. The van der Waals surface area contributed by atoms with E-state index in [1.165, 1.54) is 19.3 Å². The number of hydrogen-bond donors (Lipinski definition) is 2. The van der Waals surface area contributed by atoms with Crippen molar-refractivity contribution in [2.75, 3.05) is 11.1 Å². The minimum atomic E-state index is 0.396. The van der Waals surface area contributed by atoms with Crippen LogP contribution in [0, 0.1) is 10.8 Å². The Hall–Kier alpha value is -1.25. The van der Waals surface area contributed by atoms with Crippen molar-refractivity contribution in [3.05, 3.63) is 18.3 Å². The quantitative estimate of drug-likeness (QED) is 0.838. The van der Waals surface area contributed by atoms with Crippen LogP contribution in [-0.2, 0) is 0 Å². The maximum atomic E-state index is 5.66. The number of rotatable bonds is 2. The number of aromatic nitrogens is 1. The Morgan fingerprint density at radius 1 is 1.17 bits per heavy atom. The van der Waals surface area contributed by atoms with Gasteiger partial charge >= 0.3 is 0 Å². The van der Waals surface area contributed by atoms with Crippen LogP contribution in [0.3, 0.4) is 0 Å². The van der Waals surface area contributed by atoms with E-state index < -0.39 is 0 Å². The Bertz CT molecular complexity index is 390. The van der Waals surface area contributed by atoms with Crippen molar-refractivity contribution in [2.45, 2.75) is 53.0 Å². The summed E-state index contributed by atoms with van der Waals surface area (Å²) in [7, 11) is 0. The summed E-state index contributed by atoms with van der Waals surface area (Å²) in [5.74, 6) is 0.933. The van der Waals surface area contributed by atoms with Gasteiger partial charge in [-0.1, -0.05) is 27.7 Å². The van der Waals surface area contributed by atoms with E-state index in [0.29, 0.717) is 22.6 Å². The zero-order chi connectivity index (χ0) is 13.4. The van der Waals surface area contributed by atoms with Crippen LogP contribution in [0.4, 0.5) is 11.5 Å². The first-order chi connectivity index (χ1) is 8.26. The van der Waals surface area contributed by atoms with Crippen molar-refractivity contribution in [3.63, 3.8) is 0 Å². The number of nitrogen functional groups attached to an aromatic ring is 1. The third kappa shape index (κ3) is 3.37. The molecule has 0 unspecified atom stereocenters. The molecule has 1 heterocycles. The summed E-state index contributed by atoms with van der Waals surface area (Å²) in [4.78, 5) is 4.33. The first kappa shape index (κ1) is 13.2. The second-order valence-electron chi connectivity index (χ2n) is 7.23. The molecule has 0 spiro atoms. The van der Waals surface area contributed by atoms with Gasteiger partial charge in [-0.2, -0.15) is 0 Å². The zero-order valence-electron chi connectivity index (χ0n) is 12.0. The first-order valence-electron chi connectivity index (χ1n) is 6.74. The van der Waals surface area contributed by atoms with Crippen LogP contribution in [0.2, 0.25) is 0 Å². The second kappa shape index (κ2) is 4.45. The van der Waals surface area contributed by atoms with Crippen LogP contribution in [0.25, 0.3) is 0 Å². The number of pyridine rings is 1. The van der Waals surface area contributed by atoms with E-state index in [-0.39, 0.29) is 0 Å². The fourth-order valence-electron chi connectivity index (χ4n) is 3.65. The maximum absolute atomic E-state index is 5.66. The molecule has 0 bridgehead atoms. The smallest absolute Gasteiger partial charge is 0.126 e. The Balaban J connectivity index is 2.07. The minimum Gasteiger partial charge on any atom is -0.397 e. The molecule has 18 heavy (non-hydrogen) atoms. The maximum Gasteiger partial charge on any atom is 0.126 e. The molecule has 1 aromatic heterocycles. The number of hydrogen-bond acceptors (Lipinski definition) is 3. The summed E-state index contributed by atoms with van der Waals surface area (Å²) in [6.45, 7) is 9.44. The van der Waals surface area contributed by atoms with Crippen LogP contribution in [0.15, 0.2) is 18.3 Å². The molecule has 1 aromatic rings. The predicted molar refractivity (Wildman–Crippen MR) is 77.5 cm³/mol. The van der Waals surface area contributed by atoms with Gasteiger partial charge in [-0.05, 0) is 42.2 Å². The first-order valence-corrected chi connectivity index (χ1v) is 6.74. The van der Waals surface area contributed by atoms with Crippen LogP contribution < -0.4 is 11.1 Å². The van der Waals surface area contributed by atoms with Crippen LogP contribution in [0.5, 0.6) is 0 Å². The summed E-state index contributed by atoms with van der Waals surface area (Å²) >= 11 is 0. The van der Waals surface area contributed by atoms with Crippen LogP contribution in [-0.4, -0.2) is 11.0 Å². The van der Waals surface area contributed by atoms with Crippen molar-refractivity contribution < 1.29 is 0 Å². The molecular weight excluding hydrogens is 222 g/mol. The van der Waals surface area contributed by atoms with Gasteiger partial charge in [0.25, 0.3) is 0 Å². The van der Waals surface area contributed by atoms with Crippen molar-refractivity contribution in [2.24, 2.45) is 10.8 Å². The Morgan fingerprint density at radius 3 is 2.28 bits per heavy atom. The van der Waals surface area contributed by atoms with Gasteiger partial charge in [0, 0.05) is 6.04 Å². The van der Waals surface area contributed by atoms with Crippen LogP contribution in [0.1, 0.15) is 47.0 Å². The van der Waals surface area contributed by atoms with Gasteiger partial charge in [0.2, 0.25) is 0 Å². The Labute approximate surface area is 110 Å². The molecule has 1 fully saturated rings. The standard InChI is InChI=1S/C15H25N3/c1-14(2)7-12(8-15(3,4)10-14)18-13-6-5-11(16)9-17-13/h5-6,9,12H,7-8,10,16H2,1-4H3,(H,17,18). The monoisotopic (exact) mass is 247 g/mol. The zero-order valence-corrected chi connectivity index (χ0v) is 12.0. The molecule has 0 amide bonds. The highest BCUT2D eigenvalue weighted by molar-refractivity contribution is 5.44. The lowest BCUT2D eigenvalue weighted by Crippen LogP contribution is -2.40. The summed E-state index contributed by atoms with van der Waals surface area (Å²) < 4.78 is 0. The van der Waals surface area contributed by atoms with E-state index in [1.54, 1.807) is 6.20 Å². The van der Waals surface area contributed by atoms with Gasteiger partial charge in [0.05, 0.1) is 11.9 Å². The summed E-state index contributed by atoms with van der Waals surface area (Å²) in [6.07, 6.45) is 5.39. The average Bonchev–Trinajstić information content (AvgIpc) is 2.16. The molecular formula is C15H25N3. The molecule has 3 heteroatoms. The SMILES string of the molecule is CC1(C)CC(Nc2ccc(N)cn2)CC(C)(C)C1. The van der Waals surface area contributed by atoms with Gasteiger partial charge in [0.1, 0.15) is 5.82 Å². The molecule has 0 aromatic carbocycles. The lowest BCUT2D eigenvalue weighted by atomic mass is 9.63. The van der Waals surface area contributed by atoms with Crippen LogP contribution >= 0.6 is 0 Å². The van der Waals surface area contributed by atoms with E-state index >= 15 is 0 Å². The molecule has 100 valence electrons. The molecule has 0 atom stereocenters. The third-order valence-corrected chi connectivity index (χ3v) is 3.69. The summed E-state index contributed by atoms with van der Waals surface area (Å²) in [5.41, 5.74) is 7.16. The topological polar surface area (TPSA) is 50.9 Å². The van der Waals surface area contributed by atoms with E-state index in [2.05, 4.69) is 38.0 Å². The molecule has 0 saturated heterocycles. The van der Waals surface area contributed by atoms with Crippen molar-refractivity contribution in [3.8, 4) is 0 Å². The van der Waals surface area contributed by atoms with E-state index in [4.69, 9.17) is 5.73 Å².